The van der Waals surface area contributed by atoms with Crippen LogP contribution in [0.2, 0.25) is 0 Å². The molecule has 0 bridgehead atoms. The van der Waals surface area contributed by atoms with Crippen molar-refractivity contribution in [2.45, 2.75) is 32.1 Å². The Labute approximate surface area is 115 Å². The average molecular weight is 261 g/mol. The normalized spacial score (nSPS) is 16.1. The van der Waals surface area contributed by atoms with Gasteiger partial charge in [0.05, 0.1) is 0 Å². The summed E-state index contributed by atoms with van der Waals surface area (Å²) in [5.74, 6) is 0.165. The highest BCUT2D eigenvalue weighted by molar-refractivity contribution is 5.75. The number of aromatic nitrogens is 1. The molecule has 1 heterocycles. The van der Waals surface area contributed by atoms with Crippen molar-refractivity contribution in [2.24, 2.45) is 5.41 Å². The van der Waals surface area contributed by atoms with Crippen molar-refractivity contribution < 1.29 is 4.79 Å². The zero-order valence-corrected chi connectivity index (χ0v) is 11.6. The summed E-state index contributed by atoms with van der Waals surface area (Å²) in [6.45, 7) is 1.82. The van der Waals surface area contributed by atoms with Crippen molar-refractivity contribution in [3.63, 3.8) is 0 Å². The molecule has 0 atom stereocenters. The number of hydrogen-bond donors (Lipinski definition) is 2. The molecule has 1 aromatic heterocycles. The van der Waals surface area contributed by atoms with Gasteiger partial charge in [-0.25, -0.2) is 0 Å². The fraction of sp³-hybridized carbons (Fsp3) is 0.600. The average Bonchev–Trinajstić information content (AvgIpc) is 3.19. The molecule has 0 radical (unpaired) electrons. The first kappa shape index (κ1) is 14.0. The first-order chi connectivity index (χ1) is 9.24. The van der Waals surface area contributed by atoms with Gasteiger partial charge >= 0.3 is 0 Å². The van der Waals surface area contributed by atoms with Gasteiger partial charge in [-0.2, -0.15) is 0 Å². The number of pyridine rings is 1. The molecule has 0 spiro atoms. The Morgan fingerprint density at radius 3 is 2.84 bits per heavy atom. The van der Waals surface area contributed by atoms with Crippen molar-refractivity contribution in [3.8, 4) is 0 Å². The van der Waals surface area contributed by atoms with Crippen LogP contribution in [0.25, 0.3) is 0 Å². The lowest BCUT2D eigenvalue weighted by Crippen LogP contribution is -2.34. The van der Waals surface area contributed by atoms with Crippen molar-refractivity contribution in [1.82, 2.24) is 15.6 Å². The summed E-state index contributed by atoms with van der Waals surface area (Å²) in [5.41, 5.74) is 1.40. The standard InChI is InChI=1S/C15H23N3O/c1-16-11-15(8-9-15)12-18-14(19)7-4-6-13-5-2-3-10-17-13/h2-3,5,10,16H,4,6-9,11-12H2,1H3,(H,18,19). The van der Waals surface area contributed by atoms with Crippen LogP contribution in [0.1, 0.15) is 31.4 Å². The van der Waals surface area contributed by atoms with E-state index >= 15 is 0 Å². The Hall–Kier alpha value is -1.42. The van der Waals surface area contributed by atoms with Gasteiger partial charge in [-0.05, 0) is 44.9 Å². The maximum absolute atomic E-state index is 11.8. The molecule has 1 aromatic rings. The molecule has 0 unspecified atom stereocenters. The first-order valence-corrected chi connectivity index (χ1v) is 7.05. The second-order valence-electron chi connectivity index (χ2n) is 5.48. The summed E-state index contributed by atoms with van der Waals surface area (Å²) >= 11 is 0. The van der Waals surface area contributed by atoms with E-state index in [9.17, 15) is 4.79 Å². The molecular formula is C15H23N3O. The molecule has 0 saturated heterocycles. The molecule has 1 aliphatic rings. The van der Waals surface area contributed by atoms with Gasteiger partial charge in [0.2, 0.25) is 5.91 Å². The largest absolute Gasteiger partial charge is 0.355 e. The van der Waals surface area contributed by atoms with E-state index in [4.69, 9.17) is 0 Å². The third-order valence-electron chi connectivity index (χ3n) is 3.73. The topological polar surface area (TPSA) is 54.0 Å². The highest BCUT2D eigenvalue weighted by Crippen LogP contribution is 2.44. The molecule has 2 N–H and O–H groups in total. The molecule has 19 heavy (non-hydrogen) atoms. The molecule has 2 rings (SSSR count). The fourth-order valence-electron chi connectivity index (χ4n) is 2.32. The highest BCUT2D eigenvalue weighted by Gasteiger charge is 2.41. The van der Waals surface area contributed by atoms with E-state index in [1.165, 1.54) is 12.8 Å². The lowest BCUT2D eigenvalue weighted by Gasteiger charge is -2.15. The number of nitrogens with zero attached hydrogens (tertiary/aromatic N) is 1. The number of hydrogen-bond acceptors (Lipinski definition) is 3. The molecule has 1 amide bonds. The van der Waals surface area contributed by atoms with Crippen molar-refractivity contribution in [1.29, 1.82) is 0 Å². The van der Waals surface area contributed by atoms with Gasteiger partial charge in [-0.3, -0.25) is 9.78 Å². The number of rotatable bonds is 8. The summed E-state index contributed by atoms with van der Waals surface area (Å²) in [6, 6.07) is 5.90. The number of nitrogens with one attached hydrogen (secondary N) is 2. The summed E-state index contributed by atoms with van der Waals surface area (Å²) in [6.07, 6.45) is 6.57. The van der Waals surface area contributed by atoms with Crippen molar-refractivity contribution in [3.05, 3.63) is 30.1 Å². The van der Waals surface area contributed by atoms with Crippen LogP contribution in [0.15, 0.2) is 24.4 Å². The first-order valence-electron chi connectivity index (χ1n) is 7.05. The SMILES string of the molecule is CNCC1(CNC(=O)CCCc2ccccn2)CC1. The molecule has 4 heteroatoms. The zero-order valence-electron chi connectivity index (χ0n) is 11.6. The van der Waals surface area contributed by atoms with Crippen LogP contribution in [-0.2, 0) is 11.2 Å². The minimum atomic E-state index is 0.165. The van der Waals surface area contributed by atoms with Crippen LogP contribution in [0.5, 0.6) is 0 Å². The van der Waals surface area contributed by atoms with Crippen LogP contribution in [0, 0.1) is 5.41 Å². The van der Waals surface area contributed by atoms with Crippen LogP contribution in [-0.4, -0.2) is 31.0 Å². The maximum Gasteiger partial charge on any atom is 0.220 e. The van der Waals surface area contributed by atoms with Gasteiger partial charge in [0, 0.05) is 36.8 Å². The van der Waals surface area contributed by atoms with Crippen LogP contribution < -0.4 is 10.6 Å². The number of aryl methyl sites for hydroxylation is 1. The molecule has 1 aliphatic carbocycles. The van der Waals surface area contributed by atoms with E-state index < -0.39 is 0 Å². The van der Waals surface area contributed by atoms with E-state index in [1.54, 1.807) is 6.20 Å². The van der Waals surface area contributed by atoms with Crippen LogP contribution >= 0.6 is 0 Å². The number of amides is 1. The third-order valence-corrected chi connectivity index (χ3v) is 3.73. The van der Waals surface area contributed by atoms with Gasteiger partial charge < -0.3 is 10.6 Å². The fourth-order valence-corrected chi connectivity index (χ4v) is 2.32. The Balaban J connectivity index is 1.60. The van der Waals surface area contributed by atoms with E-state index in [-0.39, 0.29) is 5.91 Å². The van der Waals surface area contributed by atoms with Crippen molar-refractivity contribution in [2.75, 3.05) is 20.1 Å². The van der Waals surface area contributed by atoms with E-state index in [0.29, 0.717) is 11.8 Å². The minimum absolute atomic E-state index is 0.165. The Kier molecular flexibility index (Phi) is 4.91. The lowest BCUT2D eigenvalue weighted by atomic mass is 10.1. The summed E-state index contributed by atoms with van der Waals surface area (Å²) in [7, 11) is 1.97. The predicted molar refractivity (Wildman–Crippen MR) is 75.8 cm³/mol. The summed E-state index contributed by atoms with van der Waals surface area (Å²) in [4.78, 5) is 16.0. The highest BCUT2D eigenvalue weighted by atomic mass is 16.1. The molecule has 104 valence electrons. The Morgan fingerprint density at radius 1 is 1.37 bits per heavy atom. The van der Waals surface area contributed by atoms with Gasteiger partial charge in [-0.1, -0.05) is 6.07 Å². The predicted octanol–water partition coefficient (Wildman–Crippen LogP) is 1.52. The van der Waals surface area contributed by atoms with Gasteiger partial charge in [0.1, 0.15) is 0 Å². The monoisotopic (exact) mass is 261 g/mol. The second-order valence-corrected chi connectivity index (χ2v) is 5.48. The van der Waals surface area contributed by atoms with Gasteiger partial charge in [0.15, 0.2) is 0 Å². The second kappa shape index (κ2) is 6.66. The Bertz CT molecular complexity index is 401. The number of carbonyl (C=O) groups is 1. The third kappa shape index (κ3) is 4.63. The minimum Gasteiger partial charge on any atom is -0.355 e. The lowest BCUT2D eigenvalue weighted by molar-refractivity contribution is -0.121. The van der Waals surface area contributed by atoms with Crippen LogP contribution in [0.4, 0.5) is 0 Å². The van der Waals surface area contributed by atoms with E-state index in [2.05, 4.69) is 15.6 Å². The molecule has 4 nitrogen and oxygen atoms in total. The van der Waals surface area contributed by atoms with E-state index in [1.807, 2.05) is 25.2 Å². The van der Waals surface area contributed by atoms with Gasteiger partial charge in [0.25, 0.3) is 0 Å². The maximum atomic E-state index is 11.8. The quantitative estimate of drug-likeness (QED) is 0.746. The smallest absolute Gasteiger partial charge is 0.220 e. The van der Waals surface area contributed by atoms with E-state index in [0.717, 1.165) is 31.6 Å². The summed E-state index contributed by atoms with van der Waals surface area (Å²) < 4.78 is 0. The Morgan fingerprint density at radius 2 is 2.21 bits per heavy atom. The number of carbonyl (C=O) groups excluding carboxylic acids is 1. The van der Waals surface area contributed by atoms with Crippen molar-refractivity contribution >= 4 is 5.91 Å². The summed E-state index contributed by atoms with van der Waals surface area (Å²) in [5, 5.41) is 6.26. The zero-order chi connectivity index (χ0) is 13.6. The molecule has 0 aromatic carbocycles. The molecule has 1 fully saturated rings. The van der Waals surface area contributed by atoms with Crippen LogP contribution in [0.3, 0.4) is 0 Å². The molecular weight excluding hydrogens is 238 g/mol. The van der Waals surface area contributed by atoms with Gasteiger partial charge in [-0.15, -0.1) is 0 Å². The molecule has 1 saturated carbocycles. The molecule has 0 aliphatic heterocycles.